The third kappa shape index (κ3) is 4.71. The lowest BCUT2D eigenvalue weighted by Gasteiger charge is -2.33. The molecular formula is C23H25N5O. The predicted octanol–water partition coefficient (Wildman–Crippen LogP) is 3.34. The molecule has 6 heteroatoms. The van der Waals surface area contributed by atoms with Gasteiger partial charge in [-0.1, -0.05) is 60.2 Å². The molecular weight excluding hydrogens is 362 g/mol. The van der Waals surface area contributed by atoms with E-state index in [1.165, 1.54) is 11.1 Å². The second-order valence-corrected chi connectivity index (χ2v) is 7.27. The van der Waals surface area contributed by atoms with Gasteiger partial charge < -0.3 is 15.1 Å². The van der Waals surface area contributed by atoms with Gasteiger partial charge in [0.2, 0.25) is 12.4 Å². The van der Waals surface area contributed by atoms with Crippen LogP contribution in [-0.2, 0) is 11.3 Å². The summed E-state index contributed by atoms with van der Waals surface area (Å²) in [4.78, 5) is 24.5. The number of nitrogens with zero attached hydrogens (tertiary/aromatic N) is 4. The highest BCUT2D eigenvalue weighted by Gasteiger charge is 2.18. The van der Waals surface area contributed by atoms with Gasteiger partial charge >= 0.3 is 0 Å². The summed E-state index contributed by atoms with van der Waals surface area (Å²) < 4.78 is 0. The molecule has 0 unspecified atom stereocenters. The van der Waals surface area contributed by atoms with Crippen LogP contribution in [0, 0.1) is 6.92 Å². The van der Waals surface area contributed by atoms with Crippen LogP contribution in [0.25, 0.3) is 11.3 Å². The summed E-state index contributed by atoms with van der Waals surface area (Å²) in [5.74, 6) is 1.50. The molecule has 0 saturated carbocycles. The molecule has 4 rings (SSSR count). The first-order valence-corrected chi connectivity index (χ1v) is 9.89. The maximum Gasteiger partial charge on any atom is 0.225 e. The van der Waals surface area contributed by atoms with Gasteiger partial charge in [-0.25, -0.2) is 4.98 Å². The lowest BCUT2D eigenvalue weighted by Crippen LogP contribution is -2.46. The minimum absolute atomic E-state index is 0.612. The van der Waals surface area contributed by atoms with Crippen molar-refractivity contribution in [2.24, 2.45) is 0 Å². The Bertz CT molecular complexity index is 968. The summed E-state index contributed by atoms with van der Waals surface area (Å²) in [5.41, 5.74) is 4.37. The van der Waals surface area contributed by atoms with Crippen molar-refractivity contribution in [2.45, 2.75) is 13.5 Å². The van der Waals surface area contributed by atoms with Crippen molar-refractivity contribution >= 4 is 18.2 Å². The van der Waals surface area contributed by atoms with Crippen molar-refractivity contribution in [2.75, 3.05) is 36.4 Å². The number of benzene rings is 2. The van der Waals surface area contributed by atoms with Crippen LogP contribution in [0.4, 0.5) is 11.8 Å². The maximum atomic E-state index is 11.0. The number of aromatic nitrogens is 2. The number of rotatable bonds is 6. The summed E-state index contributed by atoms with van der Waals surface area (Å²) in [6, 6.07) is 20.6. The summed E-state index contributed by atoms with van der Waals surface area (Å²) in [6.07, 6.45) is 0.918. The fourth-order valence-electron chi connectivity index (χ4n) is 3.49. The number of aryl methyl sites for hydroxylation is 1. The van der Waals surface area contributed by atoms with Gasteiger partial charge in [0.25, 0.3) is 0 Å². The molecule has 1 saturated heterocycles. The number of hydrogen-bond donors (Lipinski definition) is 1. The molecule has 0 spiro atoms. The zero-order chi connectivity index (χ0) is 20.1. The molecule has 1 aromatic heterocycles. The van der Waals surface area contributed by atoms with E-state index in [0.717, 1.165) is 36.6 Å². The SMILES string of the molecule is Cc1cccc(CNc2nc(-c3ccccc3)cc(N3CCN(C=O)CC3)n2)c1. The third-order valence-electron chi connectivity index (χ3n) is 5.10. The van der Waals surface area contributed by atoms with Crippen LogP contribution in [0.2, 0.25) is 0 Å². The predicted molar refractivity (Wildman–Crippen MR) is 116 cm³/mol. The molecule has 1 aliphatic rings. The molecule has 2 aromatic carbocycles. The van der Waals surface area contributed by atoms with Gasteiger partial charge in [-0.05, 0) is 12.5 Å². The number of carbonyl (C=O) groups is 1. The van der Waals surface area contributed by atoms with Gasteiger partial charge in [-0.15, -0.1) is 0 Å². The first kappa shape index (κ1) is 18.9. The lowest BCUT2D eigenvalue weighted by atomic mass is 10.1. The maximum absolute atomic E-state index is 11.0. The van der Waals surface area contributed by atoms with Gasteiger partial charge in [-0.3, -0.25) is 4.79 Å². The van der Waals surface area contributed by atoms with Gasteiger partial charge in [0, 0.05) is 44.4 Å². The van der Waals surface area contributed by atoms with Crippen LogP contribution in [0.1, 0.15) is 11.1 Å². The Morgan fingerprint density at radius 1 is 0.966 bits per heavy atom. The van der Waals surface area contributed by atoms with Crippen LogP contribution in [0.15, 0.2) is 60.7 Å². The van der Waals surface area contributed by atoms with E-state index in [9.17, 15) is 4.79 Å². The Hall–Kier alpha value is -3.41. The second kappa shape index (κ2) is 8.73. The van der Waals surface area contributed by atoms with Gasteiger partial charge in [0.15, 0.2) is 0 Å². The van der Waals surface area contributed by atoms with Crippen LogP contribution < -0.4 is 10.2 Å². The van der Waals surface area contributed by atoms with E-state index < -0.39 is 0 Å². The second-order valence-electron chi connectivity index (χ2n) is 7.27. The van der Waals surface area contributed by atoms with Crippen molar-refractivity contribution in [3.05, 3.63) is 71.8 Å². The number of anilines is 2. The molecule has 1 fully saturated rings. The summed E-state index contributed by atoms with van der Waals surface area (Å²) in [5, 5.41) is 3.38. The number of carbonyl (C=O) groups excluding carboxylic acids is 1. The zero-order valence-corrected chi connectivity index (χ0v) is 16.6. The van der Waals surface area contributed by atoms with Crippen molar-refractivity contribution < 1.29 is 4.79 Å². The van der Waals surface area contributed by atoms with Crippen LogP contribution >= 0.6 is 0 Å². The van der Waals surface area contributed by atoms with Gasteiger partial charge in [0.05, 0.1) is 5.69 Å². The third-order valence-corrected chi connectivity index (χ3v) is 5.10. The highest BCUT2D eigenvalue weighted by molar-refractivity contribution is 5.65. The molecule has 6 nitrogen and oxygen atoms in total. The number of hydrogen-bond acceptors (Lipinski definition) is 5. The minimum atomic E-state index is 0.612. The Morgan fingerprint density at radius 3 is 2.48 bits per heavy atom. The normalized spacial score (nSPS) is 14.0. The van der Waals surface area contributed by atoms with E-state index in [-0.39, 0.29) is 0 Å². The fourth-order valence-corrected chi connectivity index (χ4v) is 3.49. The van der Waals surface area contributed by atoms with Crippen molar-refractivity contribution in [3.8, 4) is 11.3 Å². The van der Waals surface area contributed by atoms with Crippen molar-refractivity contribution in [1.29, 1.82) is 0 Å². The number of nitrogens with one attached hydrogen (secondary N) is 1. The summed E-state index contributed by atoms with van der Waals surface area (Å²) in [6.45, 7) is 5.70. The van der Waals surface area contributed by atoms with E-state index in [1.807, 2.05) is 24.3 Å². The van der Waals surface area contributed by atoms with Crippen molar-refractivity contribution in [1.82, 2.24) is 14.9 Å². The van der Waals surface area contributed by atoms with Crippen LogP contribution in [0.3, 0.4) is 0 Å². The monoisotopic (exact) mass is 387 g/mol. The summed E-state index contributed by atoms with van der Waals surface area (Å²) in [7, 11) is 0. The molecule has 0 aliphatic carbocycles. The smallest absolute Gasteiger partial charge is 0.225 e. The first-order chi connectivity index (χ1) is 14.2. The Kier molecular flexibility index (Phi) is 5.70. The van der Waals surface area contributed by atoms with E-state index in [2.05, 4.69) is 53.5 Å². The molecule has 0 atom stereocenters. The number of piperazine rings is 1. The van der Waals surface area contributed by atoms with E-state index in [4.69, 9.17) is 9.97 Å². The lowest BCUT2D eigenvalue weighted by molar-refractivity contribution is -0.118. The molecule has 1 aliphatic heterocycles. The Labute approximate surface area is 171 Å². The van der Waals surface area contributed by atoms with E-state index in [1.54, 1.807) is 4.90 Å². The summed E-state index contributed by atoms with van der Waals surface area (Å²) >= 11 is 0. The average molecular weight is 387 g/mol. The molecule has 2 heterocycles. The molecule has 3 aromatic rings. The molecule has 148 valence electrons. The Balaban J connectivity index is 1.60. The van der Waals surface area contributed by atoms with Crippen molar-refractivity contribution in [3.63, 3.8) is 0 Å². The van der Waals surface area contributed by atoms with Gasteiger partial charge in [-0.2, -0.15) is 4.98 Å². The van der Waals surface area contributed by atoms with E-state index in [0.29, 0.717) is 25.6 Å². The van der Waals surface area contributed by atoms with Crippen LogP contribution in [0.5, 0.6) is 0 Å². The molecule has 29 heavy (non-hydrogen) atoms. The molecule has 1 N–H and O–H groups in total. The number of amides is 1. The fraction of sp³-hybridized carbons (Fsp3) is 0.261. The van der Waals surface area contributed by atoms with Crippen LogP contribution in [-0.4, -0.2) is 47.5 Å². The topological polar surface area (TPSA) is 61.4 Å². The first-order valence-electron chi connectivity index (χ1n) is 9.89. The van der Waals surface area contributed by atoms with E-state index >= 15 is 0 Å². The quantitative estimate of drug-likeness (QED) is 0.658. The largest absolute Gasteiger partial charge is 0.353 e. The Morgan fingerprint density at radius 2 is 1.76 bits per heavy atom. The highest BCUT2D eigenvalue weighted by atomic mass is 16.1. The molecule has 1 amide bonds. The molecule has 0 radical (unpaired) electrons. The average Bonchev–Trinajstić information content (AvgIpc) is 2.78. The minimum Gasteiger partial charge on any atom is -0.353 e. The molecule has 0 bridgehead atoms. The zero-order valence-electron chi connectivity index (χ0n) is 16.6. The van der Waals surface area contributed by atoms with Gasteiger partial charge in [0.1, 0.15) is 5.82 Å². The standard InChI is InChI=1S/C23H25N5O/c1-18-6-5-7-19(14-18)16-24-23-25-21(20-8-3-2-4-9-20)15-22(26-23)28-12-10-27(17-29)11-13-28/h2-9,14-15,17H,10-13,16H2,1H3,(H,24,25,26). The highest BCUT2D eigenvalue weighted by Crippen LogP contribution is 2.24.